The number of carbonyl (C=O) groups excluding carboxylic acids is 1. The van der Waals surface area contributed by atoms with Crippen LogP contribution < -0.4 is 5.01 Å². The molecule has 0 saturated carbocycles. The molecule has 3 nitrogen and oxygen atoms in total. The molecule has 3 heteroatoms. The molecule has 4 rings (SSSR count). The second kappa shape index (κ2) is 8.05. The normalized spacial score (nSPS) is 16.4. The summed E-state index contributed by atoms with van der Waals surface area (Å²) in [6.07, 6.45) is 4.28. The molecule has 0 spiro atoms. The molecule has 0 N–H and O–H groups in total. The van der Waals surface area contributed by atoms with Crippen LogP contribution in [0.15, 0.2) is 96.1 Å². The molecule has 138 valence electrons. The summed E-state index contributed by atoms with van der Waals surface area (Å²) in [6, 6.07) is 29.2. The van der Waals surface area contributed by atoms with E-state index in [1.165, 1.54) is 5.56 Å². The predicted octanol–water partition coefficient (Wildman–Crippen LogP) is 5.64. The molecular weight excluding hydrogens is 344 g/mol. The summed E-state index contributed by atoms with van der Waals surface area (Å²) in [7, 11) is 0. The fourth-order valence-corrected chi connectivity index (χ4v) is 3.44. The van der Waals surface area contributed by atoms with Gasteiger partial charge in [0.25, 0.3) is 0 Å². The maximum Gasteiger partial charge on any atom is 0.152 e. The van der Waals surface area contributed by atoms with Gasteiger partial charge in [-0.2, -0.15) is 5.10 Å². The maximum atomic E-state index is 11.2. The Kier molecular flexibility index (Phi) is 5.16. The molecule has 0 aromatic heterocycles. The van der Waals surface area contributed by atoms with Gasteiger partial charge in [-0.3, -0.25) is 9.80 Å². The standard InChI is InChI=1S/C25H22N2O/c1-19(28)12-13-20-14-16-23(17-15-20)27-25(22-10-6-3-7-11-22)18-24(26-27)21-8-4-2-5-9-21/h2-17,25H,18H2,1H3/b13-12+/t25-/m1/s1. The number of hydrazone groups is 1. The molecule has 0 amide bonds. The largest absolute Gasteiger partial charge is 0.295 e. The van der Waals surface area contributed by atoms with Gasteiger partial charge in [0.1, 0.15) is 0 Å². The third kappa shape index (κ3) is 3.94. The highest BCUT2D eigenvalue weighted by atomic mass is 16.1. The minimum Gasteiger partial charge on any atom is -0.295 e. The highest BCUT2D eigenvalue weighted by molar-refractivity contribution is 6.03. The molecule has 0 fully saturated rings. The number of hydrogen-bond donors (Lipinski definition) is 0. The minimum atomic E-state index is 0.0462. The third-order valence-corrected chi connectivity index (χ3v) is 4.87. The lowest BCUT2D eigenvalue weighted by molar-refractivity contribution is -0.112. The number of nitrogens with zero attached hydrogens (tertiary/aromatic N) is 2. The number of hydrogen-bond acceptors (Lipinski definition) is 3. The minimum absolute atomic E-state index is 0.0462. The van der Waals surface area contributed by atoms with E-state index in [-0.39, 0.29) is 11.8 Å². The van der Waals surface area contributed by atoms with Crippen LogP contribution in [-0.2, 0) is 4.79 Å². The van der Waals surface area contributed by atoms with Crippen molar-refractivity contribution in [2.45, 2.75) is 19.4 Å². The van der Waals surface area contributed by atoms with Crippen molar-refractivity contribution in [2.24, 2.45) is 5.10 Å². The van der Waals surface area contributed by atoms with Crippen LogP contribution in [0.2, 0.25) is 0 Å². The highest BCUT2D eigenvalue weighted by Gasteiger charge is 2.29. The zero-order chi connectivity index (χ0) is 19.3. The molecule has 0 unspecified atom stereocenters. The Morgan fingerprint density at radius 2 is 1.57 bits per heavy atom. The summed E-state index contributed by atoms with van der Waals surface area (Å²) in [5.74, 6) is 0.0462. The van der Waals surface area contributed by atoms with E-state index in [0.717, 1.165) is 28.9 Å². The Morgan fingerprint density at radius 1 is 0.929 bits per heavy atom. The van der Waals surface area contributed by atoms with E-state index in [1.807, 2.05) is 42.5 Å². The smallest absolute Gasteiger partial charge is 0.152 e. The molecule has 3 aromatic carbocycles. The summed E-state index contributed by atoms with van der Waals surface area (Å²) in [6.45, 7) is 1.55. The topological polar surface area (TPSA) is 32.7 Å². The summed E-state index contributed by atoms with van der Waals surface area (Å²) in [4.78, 5) is 11.2. The lowest BCUT2D eigenvalue weighted by atomic mass is 9.98. The van der Waals surface area contributed by atoms with E-state index in [0.29, 0.717) is 0 Å². The van der Waals surface area contributed by atoms with Gasteiger partial charge < -0.3 is 0 Å². The average Bonchev–Trinajstić information content (AvgIpc) is 3.19. The lowest BCUT2D eigenvalue weighted by Gasteiger charge is -2.24. The van der Waals surface area contributed by atoms with Crippen LogP contribution in [0.4, 0.5) is 5.69 Å². The van der Waals surface area contributed by atoms with Crippen molar-refractivity contribution in [3.8, 4) is 0 Å². The maximum absolute atomic E-state index is 11.2. The molecule has 1 aliphatic heterocycles. The zero-order valence-electron chi connectivity index (χ0n) is 15.8. The van der Waals surface area contributed by atoms with Gasteiger partial charge in [-0.25, -0.2) is 0 Å². The number of benzene rings is 3. The molecule has 0 bridgehead atoms. The van der Waals surface area contributed by atoms with Gasteiger partial charge in [-0.1, -0.05) is 78.9 Å². The molecule has 0 aliphatic carbocycles. The lowest BCUT2D eigenvalue weighted by Crippen LogP contribution is -2.18. The van der Waals surface area contributed by atoms with Crippen LogP contribution in [0, 0.1) is 0 Å². The second-order valence-corrected chi connectivity index (χ2v) is 6.92. The van der Waals surface area contributed by atoms with Crippen molar-refractivity contribution in [1.82, 2.24) is 0 Å². The Morgan fingerprint density at radius 3 is 2.21 bits per heavy atom. The third-order valence-electron chi connectivity index (χ3n) is 4.87. The molecule has 0 radical (unpaired) electrons. The Bertz CT molecular complexity index is 1010. The quantitative estimate of drug-likeness (QED) is 0.547. The molecule has 0 saturated heterocycles. The molecule has 3 aromatic rings. The van der Waals surface area contributed by atoms with Crippen LogP contribution in [0.5, 0.6) is 0 Å². The van der Waals surface area contributed by atoms with Crippen LogP contribution >= 0.6 is 0 Å². The SMILES string of the molecule is CC(=O)/C=C/c1ccc(N2N=C(c3ccccc3)C[C@@H]2c2ccccc2)cc1. The first-order valence-corrected chi connectivity index (χ1v) is 9.46. The first kappa shape index (κ1) is 17.9. The van der Waals surface area contributed by atoms with Gasteiger partial charge in [0.05, 0.1) is 17.4 Å². The predicted molar refractivity (Wildman–Crippen MR) is 115 cm³/mol. The highest BCUT2D eigenvalue weighted by Crippen LogP contribution is 2.36. The summed E-state index contributed by atoms with van der Waals surface area (Å²) < 4.78 is 0. The van der Waals surface area contributed by atoms with Crippen molar-refractivity contribution >= 4 is 23.3 Å². The van der Waals surface area contributed by atoms with Crippen molar-refractivity contribution in [3.63, 3.8) is 0 Å². The van der Waals surface area contributed by atoms with E-state index in [1.54, 1.807) is 13.0 Å². The van der Waals surface area contributed by atoms with Gasteiger partial charge in [0.15, 0.2) is 5.78 Å². The fraction of sp³-hybridized carbons (Fsp3) is 0.120. The Hall–Kier alpha value is -3.46. The van der Waals surface area contributed by atoms with Gasteiger partial charge in [0.2, 0.25) is 0 Å². The van der Waals surface area contributed by atoms with Crippen molar-refractivity contribution in [3.05, 3.63) is 108 Å². The van der Waals surface area contributed by atoms with Crippen LogP contribution in [-0.4, -0.2) is 11.5 Å². The first-order valence-electron chi connectivity index (χ1n) is 9.46. The number of allylic oxidation sites excluding steroid dienone is 1. The first-order chi connectivity index (χ1) is 13.7. The van der Waals surface area contributed by atoms with Gasteiger partial charge in [0, 0.05) is 6.42 Å². The van der Waals surface area contributed by atoms with Gasteiger partial charge in [-0.05, 0) is 41.8 Å². The van der Waals surface area contributed by atoms with E-state index in [2.05, 4.69) is 53.5 Å². The average molecular weight is 366 g/mol. The van der Waals surface area contributed by atoms with E-state index < -0.39 is 0 Å². The zero-order valence-corrected chi connectivity index (χ0v) is 15.8. The number of rotatable bonds is 5. The summed E-state index contributed by atoms with van der Waals surface area (Å²) in [5, 5.41) is 7.08. The van der Waals surface area contributed by atoms with E-state index in [4.69, 9.17) is 5.10 Å². The van der Waals surface area contributed by atoms with Crippen molar-refractivity contribution in [1.29, 1.82) is 0 Å². The molecule has 1 heterocycles. The molecule has 1 atom stereocenters. The Labute approximate surface area is 165 Å². The van der Waals surface area contributed by atoms with Crippen LogP contribution in [0.25, 0.3) is 6.08 Å². The molecular formula is C25H22N2O. The number of ketones is 1. The number of anilines is 1. The Balaban J connectivity index is 1.68. The fourth-order valence-electron chi connectivity index (χ4n) is 3.44. The molecule has 28 heavy (non-hydrogen) atoms. The summed E-state index contributed by atoms with van der Waals surface area (Å²) in [5.41, 5.74) is 5.54. The second-order valence-electron chi connectivity index (χ2n) is 6.92. The van der Waals surface area contributed by atoms with Crippen LogP contribution in [0.1, 0.15) is 36.1 Å². The molecule has 1 aliphatic rings. The van der Waals surface area contributed by atoms with Crippen molar-refractivity contribution in [2.75, 3.05) is 5.01 Å². The summed E-state index contributed by atoms with van der Waals surface area (Å²) >= 11 is 0. The van der Waals surface area contributed by atoms with E-state index >= 15 is 0 Å². The van der Waals surface area contributed by atoms with Crippen molar-refractivity contribution < 1.29 is 4.79 Å². The number of carbonyl (C=O) groups is 1. The van der Waals surface area contributed by atoms with Crippen LogP contribution in [0.3, 0.4) is 0 Å². The van der Waals surface area contributed by atoms with Gasteiger partial charge in [-0.15, -0.1) is 0 Å². The van der Waals surface area contributed by atoms with Gasteiger partial charge >= 0.3 is 0 Å². The van der Waals surface area contributed by atoms with E-state index in [9.17, 15) is 4.79 Å². The monoisotopic (exact) mass is 366 g/mol.